The van der Waals surface area contributed by atoms with Gasteiger partial charge in [-0.25, -0.2) is 0 Å². The Bertz CT molecular complexity index is 634. The molecule has 3 nitrogen and oxygen atoms in total. The molecule has 0 fully saturated rings. The number of rotatable bonds is 7. The van der Waals surface area contributed by atoms with E-state index in [4.69, 9.17) is 0 Å². The molecule has 0 atom stereocenters. The molecule has 0 spiro atoms. The number of carbonyl (C=O) groups is 1. The standard InChI is InChI=1S/C21H30N2O/c1-15(2)12-18(14-22-7)17-8-10-19(11-9-17)21(5,6)20(24)23-13-16(3)4/h8-12,14,16H,1,13H2,2-7H3,(H,23,24)/b18-12+,22-14?. The molecule has 1 amide bonds. The summed E-state index contributed by atoms with van der Waals surface area (Å²) in [5.74, 6) is 0.493. The number of nitrogens with zero attached hydrogens (tertiary/aromatic N) is 1. The van der Waals surface area contributed by atoms with Crippen molar-refractivity contribution in [2.75, 3.05) is 13.6 Å². The molecule has 0 aliphatic carbocycles. The van der Waals surface area contributed by atoms with Crippen molar-refractivity contribution in [3.05, 3.63) is 53.6 Å². The molecule has 0 aliphatic rings. The first-order chi connectivity index (χ1) is 11.2. The van der Waals surface area contributed by atoms with E-state index in [1.807, 2.05) is 57.3 Å². The summed E-state index contributed by atoms with van der Waals surface area (Å²) in [6, 6.07) is 8.09. The van der Waals surface area contributed by atoms with Crippen molar-refractivity contribution in [3.8, 4) is 0 Å². The van der Waals surface area contributed by atoms with Crippen LogP contribution in [0, 0.1) is 5.92 Å². The highest BCUT2D eigenvalue weighted by molar-refractivity contribution is 6.10. The molecule has 3 heteroatoms. The Morgan fingerprint density at radius 2 is 1.88 bits per heavy atom. The fourth-order valence-corrected chi connectivity index (χ4v) is 2.33. The van der Waals surface area contributed by atoms with E-state index < -0.39 is 5.41 Å². The van der Waals surface area contributed by atoms with Crippen molar-refractivity contribution in [1.29, 1.82) is 0 Å². The Labute approximate surface area is 146 Å². The van der Waals surface area contributed by atoms with Crippen LogP contribution >= 0.6 is 0 Å². The molecule has 0 bridgehead atoms. The summed E-state index contributed by atoms with van der Waals surface area (Å²) in [6.45, 7) is 14.7. The van der Waals surface area contributed by atoms with Gasteiger partial charge in [0.15, 0.2) is 0 Å². The number of carbonyl (C=O) groups excluding carboxylic acids is 1. The van der Waals surface area contributed by atoms with Crippen LogP contribution in [0.3, 0.4) is 0 Å². The normalized spacial score (nSPS) is 12.7. The number of hydrogen-bond acceptors (Lipinski definition) is 2. The second-order valence-electron chi connectivity index (χ2n) is 7.14. The van der Waals surface area contributed by atoms with E-state index in [0.29, 0.717) is 12.5 Å². The maximum Gasteiger partial charge on any atom is 0.230 e. The van der Waals surface area contributed by atoms with Crippen molar-refractivity contribution >= 4 is 17.7 Å². The van der Waals surface area contributed by atoms with Gasteiger partial charge in [-0.1, -0.05) is 56.3 Å². The average Bonchev–Trinajstić information content (AvgIpc) is 2.51. The van der Waals surface area contributed by atoms with Gasteiger partial charge >= 0.3 is 0 Å². The largest absolute Gasteiger partial charge is 0.355 e. The molecule has 1 aromatic rings. The molecule has 0 aromatic heterocycles. The second kappa shape index (κ2) is 8.62. The highest BCUT2D eigenvalue weighted by Gasteiger charge is 2.29. The minimum Gasteiger partial charge on any atom is -0.355 e. The van der Waals surface area contributed by atoms with Crippen LogP contribution in [0.2, 0.25) is 0 Å². The van der Waals surface area contributed by atoms with Gasteiger partial charge < -0.3 is 5.32 Å². The van der Waals surface area contributed by atoms with Gasteiger partial charge in [-0.2, -0.15) is 0 Å². The monoisotopic (exact) mass is 326 g/mol. The Kier molecular flexibility index (Phi) is 7.15. The molecular formula is C21H30N2O. The van der Waals surface area contributed by atoms with Crippen LogP contribution < -0.4 is 5.32 Å². The van der Waals surface area contributed by atoms with E-state index in [1.54, 1.807) is 7.05 Å². The van der Waals surface area contributed by atoms with E-state index in [2.05, 4.69) is 30.7 Å². The topological polar surface area (TPSA) is 41.5 Å². The number of benzene rings is 1. The summed E-state index contributed by atoms with van der Waals surface area (Å²) in [5, 5.41) is 3.02. The van der Waals surface area contributed by atoms with Gasteiger partial charge in [-0.3, -0.25) is 9.79 Å². The lowest BCUT2D eigenvalue weighted by Crippen LogP contribution is -2.41. The zero-order chi connectivity index (χ0) is 18.3. The molecule has 0 aliphatic heterocycles. The van der Waals surface area contributed by atoms with Crippen LogP contribution in [0.15, 0.2) is 47.5 Å². The number of aliphatic imine (C=N–C) groups is 1. The number of hydrogen-bond donors (Lipinski definition) is 1. The minimum atomic E-state index is -0.565. The summed E-state index contributed by atoms with van der Waals surface area (Å²) in [4.78, 5) is 16.6. The van der Waals surface area contributed by atoms with Crippen molar-refractivity contribution < 1.29 is 4.79 Å². The van der Waals surface area contributed by atoms with Gasteiger partial charge in [-0.05, 0) is 43.4 Å². The maximum atomic E-state index is 12.5. The van der Waals surface area contributed by atoms with Gasteiger partial charge in [0.1, 0.15) is 0 Å². The van der Waals surface area contributed by atoms with Crippen molar-refractivity contribution in [2.24, 2.45) is 10.9 Å². The third-order valence-electron chi connectivity index (χ3n) is 3.85. The van der Waals surface area contributed by atoms with Gasteiger partial charge in [0.25, 0.3) is 0 Å². The average molecular weight is 326 g/mol. The highest BCUT2D eigenvalue weighted by Crippen LogP contribution is 2.25. The van der Waals surface area contributed by atoms with Crippen molar-refractivity contribution in [3.63, 3.8) is 0 Å². The quantitative estimate of drug-likeness (QED) is 0.586. The number of amides is 1. The first-order valence-electron chi connectivity index (χ1n) is 8.37. The molecule has 0 unspecified atom stereocenters. The maximum absolute atomic E-state index is 12.5. The predicted molar refractivity (Wildman–Crippen MR) is 105 cm³/mol. The van der Waals surface area contributed by atoms with Crippen LogP contribution in [-0.4, -0.2) is 25.7 Å². The van der Waals surface area contributed by atoms with Crippen molar-refractivity contribution in [1.82, 2.24) is 5.32 Å². The van der Waals surface area contributed by atoms with Crippen LogP contribution in [0.25, 0.3) is 5.57 Å². The summed E-state index contributed by atoms with van der Waals surface area (Å²) < 4.78 is 0. The van der Waals surface area contributed by atoms with E-state index in [-0.39, 0.29) is 5.91 Å². The van der Waals surface area contributed by atoms with Crippen LogP contribution in [-0.2, 0) is 10.2 Å². The van der Waals surface area contributed by atoms with Crippen molar-refractivity contribution in [2.45, 2.75) is 40.0 Å². The third kappa shape index (κ3) is 5.48. The number of nitrogens with one attached hydrogen (secondary N) is 1. The SMILES string of the molecule is C=C(C)/C=C(\C=NC)c1ccc(C(C)(C)C(=O)NCC(C)C)cc1. The van der Waals surface area contributed by atoms with Gasteiger partial charge in [0.2, 0.25) is 5.91 Å². The molecule has 0 heterocycles. The lowest BCUT2D eigenvalue weighted by molar-refractivity contribution is -0.125. The highest BCUT2D eigenvalue weighted by atomic mass is 16.2. The Hall–Kier alpha value is -2.16. The molecule has 0 radical (unpaired) electrons. The van der Waals surface area contributed by atoms with Gasteiger partial charge in [0, 0.05) is 19.8 Å². The zero-order valence-electron chi connectivity index (χ0n) is 15.8. The number of allylic oxidation sites excluding steroid dienone is 3. The summed E-state index contributed by atoms with van der Waals surface area (Å²) in [6.07, 6.45) is 3.83. The van der Waals surface area contributed by atoms with E-state index in [1.165, 1.54) is 0 Å². The van der Waals surface area contributed by atoms with E-state index in [9.17, 15) is 4.79 Å². The fourth-order valence-electron chi connectivity index (χ4n) is 2.33. The van der Waals surface area contributed by atoms with Crippen LogP contribution in [0.4, 0.5) is 0 Å². The molecule has 1 rings (SSSR count). The molecule has 1 aromatic carbocycles. The molecule has 1 N–H and O–H groups in total. The second-order valence-corrected chi connectivity index (χ2v) is 7.14. The minimum absolute atomic E-state index is 0.0526. The van der Waals surface area contributed by atoms with Gasteiger partial charge in [-0.15, -0.1) is 0 Å². The molecule has 0 saturated heterocycles. The van der Waals surface area contributed by atoms with E-state index in [0.717, 1.165) is 22.3 Å². The Morgan fingerprint density at radius 3 is 2.33 bits per heavy atom. The Morgan fingerprint density at radius 1 is 1.29 bits per heavy atom. The fraction of sp³-hybridized carbons (Fsp3) is 0.429. The molecular weight excluding hydrogens is 296 g/mol. The van der Waals surface area contributed by atoms with Crippen LogP contribution in [0.1, 0.15) is 45.7 Å². The summed E-state index contributed by atoms with van der Waals surface area (Å²) in [7, 11) is 1.75. The summed E-state index contributed by atoms with van der Waals surface area (Å²) in [5.41, 5.74) is 3.48. The van der Waals surface area contributed by atoms with Gasteiger partial charge in [0.05, 0.1) is 5.41 Å². The summed E-state index contributed by atoms with van der Waals surface area (Å²) >= 11 is 0. The van der Waals surface area contributed by atoms with E-state index >= 15 is 0 Å². The molecule has 24 heavy (non-hydrogen) atoms. The molecule has 130 valence electrons. The van der Waals surface area contributed by atoms with Crippen LogP contribution in [0.5, 0.6) is 0 Å². The smallest absolute Gasteiger partial charge is 0.230 e. The lowest BCUT2D eigenvalue weighted by Gasteiger charge is -2.25. The first-order valence-corrected chi connectivity index (χ1v) is 8.37. The first kappa shape index (κ1) is 19.9. The molecule has 0 saturated carbocycles. The Balaban J connectivity index is 3.04. The zero-order valence-corrected chi connectivity index (χ0v) is 15.8. The third-order valence-corrected chi connectivity index (χ3v) is 3.85. The predicted octanol–water partition coefficient (Wildman–Crippen LogP) is 4.40. The lowest BCUT2D eigenvalue weighted by atomic mass is 9.83.